The Hall–Kier alpha value is -2.41. The Balaban J connectivity index is 1.95. The third-order valence-corrected chi connectivity index (χ3v) is 3.90. The van der Waals surface area contributed by atoms with Crippen LogP contribution in [-0.4, -0.2) is 24.2 Å². The van der Waals surface area contributed by atoms with E-state index in [4.69, 9.17) is 4.74 Å². The highest BCUT2D eigenvalue weighted by molar-refractivity contribution is 7.99. The van der Waals surface area contributed by atoms with E-state index < -0.39 is 30.1 Å². The van der Waals surface area contributed by atoms with E-state index >= 15 is 0 Å². The zero-order valence-electron chi connectivity index (χ0n) is 12.8. The molecule has 126 valence electrons. The molecule has 1 N–H and O–H groups in total. The number of hydrogen-bond acceptors (Lipinski definition) is 4. The Bertz CT molecular complexity index is 752. The third-order valence-electron chi connectivity index (χ3n) is 2.95. The molecule has 7 heteroatoms. The summed E-state index contributed by atoms with van der Waals surface area (Å²) in [5.74, 6) is -2.22. The molecular formula is C17H15F2NO3S. The molecule has 0 aliphatic heterocycles. The van der Waals surface area contributed by atoms with Crippen LogP contribution in [0.5, 0.6) is 0 Å². The molecule has 0 unspecified atom stereocenters. The lowest BCUT2D eigenvalue weighted by atomic mass is 10.2. The first kappa shape index (κ1) is 17.9. The van der Waals surface area contributed by atoms with Crippen molar-refractivity contribution in [2.24, 2.45) is 0 Å². The molecular weight excluding hydrogens is 336 g/mol. The molecule has 2 aromatic rings. The number of halogens is 2. The molecule has 0 bridgehead atoms. The summed E-state index contributed by atoms with van der Waals surface area (Å²) >= 11 is 1.48. The summed E-state index contributed by atoms with van der Waals surface area (Å²) in [5, 5.41) is 2.22. The topological polar surface area (TPSA) is 55.4 Å². The fourth-order valence-electron chi connectivity index (χ4n) is 1.90. The van der Waals surface area contributed by atoms with Crippen molar-refractivity contribution in [3.63, 3.8) is 0 Å². The highest BCUT2D eigenvalue weighted by Gasteiger charge is 2.15. The molecule has 2 rings (SSSR count). The second kappa shape index (κ2) is 8.44. The molecule has 0 heterocycles. The smallest absolute Gasteiger partial charge is 0.339 e. The normalized spacial score (nSPS) is 10.3. The molecule has 0 atom stereocenters. The van der Waals surface area contributed by atoms with Crippen LogP contribution in [0.4, 0.5) is 14.5 Å². The van der Waals surface area contributed by atoms with E-state index in [1.54, 1.807) is 24.3 Å². The van der Waals surface area contributed by atoms with Crippen molar-refractivity contribution >= 4 is 29.3 Å². The van der Waals surface area contributed by atoms with Crippen molar-refractivity contribution in [2.45, 2.75) is 11.8 Å². The lowest BCUT2D eigenvalue weighted by molar-refractivity contribution is -0.119. The van der Waals surface area contributed by atoms with Crippen LogP contribution in [0.2, 0.25) is 0 Å². The van der Waals surface area contributed by atoms with Crippen molar-refractivity contribution in [1.82, 2.24) is 0 Å². The van der Waals surface area contributed by atoms with E-state index in [0.717, 1.165) is 22.8 Å². The molecule has 24 heavy (non-hydrogen) atoms. The zero-order valence-corrected chi connectivity index (χ0v) is 13.7. The number of amides is 1. The van der Waals surface area contributed by atoms with E-state index in [0.29, 0.717) is 11.6 Å². The summed E-state index contributed by atoms with van der Waals surface area (Å²) in [6.45, 7) is 1.39. The number of nitrogens with one attached hydrogen (secondary N) is 1. The van der Waals surface area contributed by atoms with Crippen LogP contribution in [0, 0.1) is 11.6 Å². The van der Waals surface area contributed by atoms with Crippen molar-refractivity contribution in [2.75, 3.05) is 17.7 Å². The summed E-state index contributed by atoms with van der Waals surface area (Å²) in [7, 11) is 0. The number of rotatable bonds is 6. The predicted octanol–water partition coefficient (Wildman–Crippen LogP) is 3.87. The van der Waals surface area contributed by atoms with Gasteiger partial charge >= 0.3 is 5.97 Å². The molecule has 0 saturated heterocycles. The molecule has 2 aromatic carbocycles. The Morgan fingerprint density at radius 3 is 2.62 bits per heavy atom. The number of ether oxygens (including phenoxy) is 1. The number of carbonyl (C=O) groups excluding carboxylic acids is 2. The van der Waals surface area contributed by atoms with Gasteiger partial charge in [-0.25, -0.2) is 13.6 Å². The molecule has 0 aromatic heterocycles. The molecule has 0 saturated carbocycles. The SMILES string of the molecule is CCSc1ccccc1C(=O)OCC(=O)Nc1ccc(F)cc1F. The second-order valence-corrected chi connectivity index (χ2v) is 5.98. The minimum absolute atomic E-state index is 0.181. The lowest BCUT2D eigenvalue weighted by Crippen LogP contribution is -2.21. The van der Waals surface area contributed by atoms with Crippen molar-refractivity contribution in [1.29, 1.82) is 0 Å². The molecule has 0 spiro atoms. The van der Waals surface area contributed by atoms with Gasteiger partial charge in [-0.1, -0.05) is 19.1 Å². The van der Waals surface area contributed by atoms with E-state index in [2.05, 4.69) is 5.32 Å². The fraction of sp³-hybridized carbons (Fsp3) is 0.176. The predicted molar refractivity (Wildman–Crippen MR) is 88.1 cm³/mol. The second-order valence-electron chi connectivity index (χ2n) is 4.68. The number of esters is 1. The monoisotopic (exact) mass is 351 g/mol. The highest BCUT2D eigenvalue weighted by Crippen LogP contribution is 2.23. The lowest BCUT2D eigenvalue weighted by Gasteiger charge is -2.09. The summed E-state index contributed by atoms with van der Waals surface area (Å²) in [4.78, 5) is 24.6. The number of benzene rings is 2. The number of carbonyl (C=O) groups is 2. The maximum absolute atomic E-state index is 13.4. The molecule has 0 radical (unpaired) electrons. The number of anilines is 1. The Kier molecular flexibility index (Phi) is 6.31. The van der Waals surface area contributed by atoms with Gasteiger partial charge in [-0.2, -0.15) is 0 Å². The summed E-state index contributed by atoms with van der Waals surface area (Å²) in [6, 6.07) is 9.67. The average Bonchev–Trinajstić information content (AvgIpc) is 2.56. The molecule has 0 aliphatic rings. The van der Waals surface area contributed by atoms with Gasteiger partial charge in [-0.3, -0.25) is 4.79 Å². The van der Waals surface area contributed by atoms with E-state index in [9.17, 15) is 18.4 Å². The van der Waals surface area contributed by atoms with Crippen LogP contribution in [0.1, 0.15) is 17.3 Å². The van der Waals surface area contributed by atoms with E-state index in [1.807, 2.05) is 6.92 Å². The zero-order chi connectivity index (χ0) is 17.5. The molecule has 0 aliphatic carbocycles. The van der Waals surface area contributed by atoms with Gasteiger partial charge < -0.3 is 10.1 Å². The summed E-state index contributed by atoms with van der Waals surface area (Å²) < 4.78 is 31.2. The molecule has 0 fully saturated rings. The van der Waals surface area contributed by atoms with Gasteiger partial charge in [-0.15, -0.1) is 11.8 Å². The van der Waals surface area contributed by atoms with Crippen molar-refractivity contribution < 1.29 is 23.1 Å². The maximum Gasteiger partial charge on any atom is 0.339 e. The van der Waals surface area contributed by atoms with Gasteiger partial charge in [0.25, 0.3) is 5.91 Å². The quantitative estimate of drug-likeness (QED) is 0.634. The number of thioether (sulfide) groups is 1. The first-order valence-electron chi connectivity index (χ1n) is 7.15. The van der Waals surface area contributed by atoms with Gasteiger partial charge in [0.15, 0.2) is 6.61 Å². The van der Waals surface area contributed by atoms with Crippen LogP contribution < -0.4 is 5.32 Å². The first-order valence-corrected chi connectivity index (χ1v) is 8.13. The third kappa shape index (κ3) is 4.79. The first-order chi connectivity index (χ1) is 11.5. The minimum atomic E-state index is -0.903. The van der Waals surface area contributed by atoms with Crippen LogP contribution in [0.15, 0.2) is 47.4 Å². The number of hydrogen-bond donors (Lipinski definition) is 1. The van der Waals surface area contributed by atoms with Gasteiger partial charge in [0.1, 0.15) is 11.6 Å². The van der Waals surface area contributed by atoms with Gasteiger partial charge in [0.05, 0.1) is 11.3 Å². The minimum Gasteiger partial charge on any atom is -0.452 e. The molecule has 1 amide bonds. The Morgan fingerprint density at radius 2 is 1.92 bits per heavy atom. The van der Waals surface area contributed by atoms with Crippen LogP contribution in [-0.2, 0) is 9.53 Å². The fourth-order valence-corrected chi connectivity index (χ4v) is 2.70. The van der Waals surface area contributed by atoms with Crippen molar-refractivity contribution in [3.8, 4) is 0 Å². The van der Waals surface area contributed by atoms with Crippen LogP contribution >= 0.6 is 11.8 Å². The van der Waals surface area contributed by atoms with Crippen LogP contribution in [0.3, 0.4) is 0 Å². The largest absolute Gasteiger partial charge is 0.452 e. The van der Waals surface area contributed by atoms with Crippen molar-refractivity contribution in [3.05, 3.63) is 59.7 Å². The maximum atomic E-state index is 13.4. The van der Waals surface area contributed by atoms with Gasteiger partial charge in [-0.05, 0) is 30.0 Å². The Labute approximate surface area is 142 Å². The standard InChI is InChI=1S/C17H15F2NO3S/c1-2-24-15-6-4-3-5-12(15)17(22)23-10-16(21)20-14-8-7-11(18)9-13(14)19/h3-9H,2,10H2,1H3,(H,20,21). The summed E-state index contributed by atoms with van der Waals surface area (Å²) in [5.41, 5.74) is 0.185. The van der Waals surface area contributed by atoms with E-state index in [1.165, 1.54) is 11.8 Å². The van der Waals surface area contributed by atoms with Gasteiger partial charge in [0.2, 0.25) is 0 Å². The van der Waals surface area contributed by atoms with Crippen LogP contribution in [0.25, 0.3) is 0 Å². The average molecular weight is 351 g/mol. The highest BCUT2D eigenvalue weighted by atomic mass is 32.2. The van der Waals surface area contributed by atoms with Gasteiger partial charge in [0, 0.05) is 11.0 Å². The Morgan fingerprint density at radius 1 is 1.17 bits per heavy atom. The van der Waals surface area contributed by atoms with E-state index in [-0.39, 0.29) is 5.69 Å². The summed E-state index contributed by atoms with van der Waals surface area (Å²) in [6.07, 6.45) is 0. The molecule has 4 nitrogen and oxygen atoms in total.